The summed E-state index contributed by atoms with van der Waals surface area (Å²) in [5, 5.41) is 12.5. The summed E-state index contributed by atoms with van der Waals surface area (Å²) in [4.78, 5) is 12.0. The highest BCUT2D eigenvalue weighted by atomic mass is 16.2. The summed E-state index contributed by atoms with van der Waals surface area (Å²) >= 11 is 0. The first-order valence-electron chi connectivity index (χ1n) is 5.56. The average molecular weight is 217 g/mol. The van der Waals surface area contributed by atoms with Gasteiger partial charge in [0.2, 0.25) is 0 Å². The van der Waals surface area contributed by atoms with Crippen molar-refractivity contribution in [2.75, 3.05) is 13.1 Å². The summed E-state index contributed by atoms with van der Waals surface area (Å²) in [6.45, 7) is 7.42. The monoisotopic (exact) mass is 217 g/mol. The van der Waals surface area contributed by atoms with Crippen molar-refractivity contribution in [1.29, 1.82) is 5.26 Å². The number of hydrazine groups is 1. The Hall–Kier alpha value is -1.60. The lowest BCUT2D eigenvalue weighted by Crippen LogP contribution is -2.46. The van der Waals surface area contributed by atoms with Gasteiger partial charge in [0.25, 0.3) is 5.91 Å². The Morgan fingerprint density at radius 2 is 1.94 bits per heavy atom. The van der Waals surface area contributed by atoms with Gasteiger partial charge in [-0.3, -0.25) is 4.79 Å². The van der Waals surface area contributed by atoms with E-state index in [1.807, 2.05) is 11.1 Å². The maximum atomic E-state index is 12.0. The lowest BCUT2D eigenvalue weighted by atomic mass is 10.1. The second kappa shape index (κ2) is 4.11. The molecule has 0 aliphatic carbocycles. The summed E-state index contributed by atoms with van der Waals surface area (Å²) in [6.07, 6.45) is 3.40. The van der Waals surface area contributed by atoms with E-state index in [-0.39, 0.29) is 11.5 Å². The van der Waals surface area contributed by atoms with Gasteiger partial charge in [0.15, 0.2) is 0 Å². The number of hydrogen-bond donors (Lipinski definition) is 0. The van der Waals surface area contributed by atoms with Crippen LogP contribution in [0.4, 0.5) is 0 Å². The standard InChI is InChI=1S/C12H15N3O/c1-9-10(2)15(12(16)11(9)8-13)14-6-4-3-5-7-14/h2-7H2,1H3. The van der Waals surface area contributed by atoms with Gasteiger partial charge in [-0.1, -0.05) is 13.0 Å². The summed E-state index contributed by atoms with van der Waals surface area (Å²) < 4.78 is 0. The molecule has 1 amide bonds. The van der Waals surface area contributed by atoms with E-state index >= 15 is 0 Å². The van der Waals surface area contributed by atoms with Crippen LogP contribution in [0.15, 0.2) is 23.4 Å². The Morgan fingerprint density at radius 3 is 2.44 bits per heavy atom. The molecular weight excluding hydrogens is 202 g/mol. The second-order valence-corrected chi connectivity index (χ2v) is 4.19. The van der Waals surface area contributed by atoms with E-state index in [0.29, 0.717) is 11.3 Å². The summed E-state index contributed by atoms with van der Waals surface area (Å²) in [6, 6.07) is 1.96. The molecule has 16 heavy (non-hydrogen) atoms. The number of carbonyl (C=O) groups is 1. The van der Waals surface area contributed by atoms with Gasteiger partial charge in [-0.25, -0.2) is 10.0 Å². The summed E-state index contributed by atoms with van der Waals surface area (Å²) in [5.74, 6) is -0.216. The number of piperidine rings is 1. The van der Waals surface area contributed by atoms with E-state index in [2.05, 4.69) is 6.58 Å². The SMILES string of the molecule is C=C1C(C)=C(C#N)C(=O)N1N1CCCCC1. The number of nitrogens with zero attached hydrogens (tertiary/aromatic N) is 3. The van der Waals surface area contributed by atoms with Crippen LogP contribution in [-0.4, -0.2) is 29.0 Å². The minimum absolute atomic E-state index is 0.216. The fourth-order valence-electron chi connectivity index (χ4n) is 2.20. The smallest absolute Gasteiger partial charge is 0.266 e. The molecule has 0 aromatic rings. The Balaban J connectivity index is 2.23. The van der Waals surface area contributed by atoms with Crippen LogP contribution in [0.25, 0.3) is 0 Å². The first-order valence-corrected chi connectivity index (χ1v) is 5.56. The topological polar surface area (TPSA) is 47.3 Å². The van der Waals surface area contributed by atoms with Crippen LogP contribution < -0.4 is 0 Å². The molecule has 0 radical (unpaired) electrons. The molecule has 4 nitrogen and oxygen atoms in total. The predicted molar refractivity (Wildman–Crippen MR) is 59.7 cm³/mol. The Labute approximate surface area is 95.4 Å². The van der Waals surface area contributed by atoms with Crippen molar-refractivity contribution in [2.24, 2.45) is 0 Å². The zero-order valence-electron chi connectivity index (χ0n) is 9.49. The van der Waals surface area contributed by atoms with Crippen LogP contribution in [0.1, 0.15) is 26.2 Å². The third-order valence-corrected chi connectivity index (χ3v) is 3.20. The highest BCUT2D eigenvalue weighted by molar-refractivity contribution is 6.03. The molecule has 84 valence electrons. The number of allylic oxidation sites excluding steroid dienone is 1. The number of hydrogen-bond acceptors (Lipinski definition) is 3. The second-order valence-electron chi connectivity index (χ2n) is 4.19. The van der Waals surface area contributed by atoms with E-state index in [0.717, 1.165) is 25.9 Å². The van der Waals surface area contributed by atoms with Gasteiger partial charge in [-0.05, 0) is 25.3 Å². The predicted octanol–water partition coefficient (Wildman–Crippen LogP) is 1.58. The number of rotatable bonds is 1. The number of carbonyl (C=O) groups excluding carboxylic acids is 1. The van der Waals surface area contributed by atoms with Crippen molar-refractivity contribution in [2.45, 2.75) is 26.2 Å². The van der Waals surface area contributed by atoms with Crippen LogP contribution in [0, 0.1) is 11.3 Å². The zero-order valence-corrected chi connectivity index (χ0v) is 9.49. The Bertz CT molecular complexity index is 410. The fraction of sp³-hybridized carbons (Fsp3) is 0.500. The molecule has 1 saturated heterocycles. The van der Waals surface area contributed by atoms with Crippen LogP contribution >= 0.6 is 0 Å². The van der Waals surface area contributed by atoms with E-state index in [9.17, 15) is 4.79 Å². The third kappa shape index (κ3) is 1.54. The van der Waals surface area contributed by atoms with Gasteiger partial charge in [-0.15, -0.1) is 0 Å². The van der Waals surface area contributed by atoms with Crippen molar-refractivity contribution < 1.29 is 4.79 Å². The minimum atomic E-state index is -0.216. The first-order chi connectivity index (χ1) is 7.66. The molecule has 0 bridgehead atoms. The maximum absolute atomic E-state index is 12.0. The van der Waals surface area contributed by atoms with E-state index in [1.165, 1.54) is 6.42 Å². The van der Waals surface area contributed by atoms with Crippen molar-refractivity contribution in [3.63, 3.8) is 0 Å². The van der Waals surface area contributed by atoms with Crippen LogP contribution in [0.3, 0.4) is 0 Å². The molecule has 2 aliphatic heterocycles. The zero-order chi connectivity index (χ0) is 11.7. The molecule has 0 aromatic heterocycles. The van der Waals surface area contributed by atoms with E-state index in [4.69, 9.17) is 5.26 Å². The number of nitriles is 1. The van der Waals surface area contributed by atoms with Crippen molar-refractivity contribution >= 4 is 5.91 Å². The third-order valence-electron chi connectivity index (χ3n) is 3.20. The van der Waals surface area contributed by atoms with Gasteiger partial charge in [0.05, 0.1) is 5.70 Å². The van der Waals surface area contributed by atoms with Gasteiger partial charge in [-0.2, -0.15) is 5.26 Å². The van der Waals surface area contributed by atoms with E-state index in [1.54, 1.807) is 11.9 Å². The van der Waals surface area contributed by atoms with Gasteiger partial charge in [0, 0.05) is 13.1 Å². The average Bonchev–Trinajstić information content (AvgIpc) is 2.51. The quantitative estimate of drug-likeness (QED) is 0.670. The highest BCUT2D eigenvalue weighted by Gasteiger charge is 2.35. The Morgan fingerprint density at radius 1 is 1.31 bits per heavy atom. The highest BCUT2D eigenvalue weighted by Crippen LogP contribution is 2.30. The van der Waals surface area contributed by atoms with Gasteiger partial charge < -0.3 is 0 Å². The van der Waals surface area contributed by atoms with Crippen LogP contribution in [0.5, 0.6) is 0 Å². The van der Waals surface area contributed by atoms with E-state index < -0.39 is 0 Å². The largest absolute Gasteiger partial charge is 0.283 e. The van der Waals surface area contributed by atoms with Crippen LogP contribution in [-0.2, 0) is 4.79 Å². The maximum Gasteiger partial charge on any atom is 0.283 e. The number of amides is 1. The van der Waals surface area contributed by atoms with Crippen molar-refractivity contribution in [3.05, 3.63) is 23.4 Å². The summed E-state index contributed by atoms with van der Waals surface area (Å²) in [5.41, 5.74) is 1.59. The summed E-state index contributed by atoms with van der Waals surface area (Å²) in [7, 11) is 0. The molecule has 0 N–H and O–H groups in total. The van der Waals surface area contributed by atoms with Crippen LogP contribution in [0.2, 0.25) is 0 Å². The van der Waals surface area contributed by atoms with Gasteiger partial charge >= 0.3 is 0 Å². The fourth-order valence-corrected chi connectivity index (χ4v) is 2.20. The lowest BCUT2D eigenvalue weighted by molar-refractivity contribution is -0.138. The molecule has 0 saturated carbocycles. The lowest BCUT2D eigenvalue weighted by Gasteiger charge is -2.35. The molecule has 2 rings (SSSR count). The molecule has 0 spiro atoms. The molecule has 2 heterocycles. The first kappa shape index (κ1) is 10.9. The molecule has 1 fully saturated rings. The molecular formula is C12H15N3O. The molecule has 2 aliphatic rings. The molecule has 0 unspecified atom stereocenters. The molecule has 0 atom stereocenters. The Kier molecular flexibility index (Phi) is 2.80. The molecule has 0 aromatic carbocycles. The minimum Gasteiger partial charge on any atom is -0.266 e. The molecule has 4 heteroatoms. The van der Waals surface area contributed by atoms with Crippen molar-refractivity contribution in [1.82, 2.24) is 10.0 Å². The van der Waals surface area contributed by atoms with Crippen molar-refractivity contribution in [3.8, 4) is 6.07 Å². The normalized spacial score (nSPS) is 22.9. The van der Waals surface area contributed by atoms with Gasteiger partial charge in [0.1, 0.15) is 11.6 Å².